The van der Waals surface area contributed by atoms with Crippen molar-refractivity contribution in [2.24, 2.45) is 0 Å². The van der Waals surface area contributed by atoms with Gasteiger partial charge in [-0.3, -0.25) is 14.2 Å². The quantitative estimate of drug-likeness (QED) is 0.514. The maximum Gasteiger partial charge on any atom is 0.272 e. The van der Waals surface area contributed by atoms with E-state index in [2.05, 4.69) is 10.3 Å². The van der Waals surface area contributed by atoms with Crippen LogP contribution < -0.4 is 20.3 Å². The Morgan fingerprint density at radius 1 is 1.27 bits per heavy atom. The lowest BCUT2D eigenvalue weighted by molar-refractivity contribution is -0.116. The first-order valence-corrected chi connectivity index (χ1v) is 9.71. The van der Waals surface area contributed by atoms with Crippen LogP contribution in [0.2, 0.25) is 0 Å². The summed E-state index contributed by atoms with van der Waals surface area (Å²) in [6.07, 6.45) is 1.82. The van der Waals surface area contributed by atoms with Gasteiger partial charge in [0.05, 0.1) is 19.7 Å². The number of ether oxygens (including phenoxy) is 2. The smallest absolute Gasteiger partial charge is 0.272 e. The van der Waals surface area contributed by atoms with Gasteiger partial charge in [-0.2, -0.15) is 0 Å². The number of nitrogens with one attached hydrogen (secondary N) is 1. The number of thioether (sulfide) groups is 1. The van der Waals surface area contributed by atoms with Crippen molar-refractivity contribution in [3.8, 4) is 11.5 Å². The van der Waals surface area contributed by atoms with Gasteiger partial charge in [-0.15, -0.1) is 11.3 Å². The van der Waals surface area contributed by atoms with E-state index in [0.29, 0.717) is 32.6 Å². The Morgan fingerprint density at radius 3 is 2.73 bits per heavy atom. The number of aromatic nitrogens is 2. The van der Waals surface area contributed by atoms with Crippen molar-refractivity contribution in [3.05, 3.63) is 40.0 Å². The van der Waals surface area contributed by atoms with E-state index in [9.17, 15) is 9.59 Å². The highest BCUT2D eigenvalue weighted by Crippen LogP contribution is 2.29. The maximum absolute atomic E-state index is 12.6. The minimum absolute atomic E-state index is 0.121. The molecule has 3 rings (SSSR count). The van der Waals surface area contributed by atoms with Crippen molar-refractivity contribution in [1.29, 1.82) is 0 Å². The molecule has 3 aromatic rings. The number of benzene rings is 1. The van der Waals surface area contributed by atoms with Crippen molar-refractivity contribution in [2.45, 2.75) is 11.7 Å². The molecule has 0 fully saturated rings. The number of carbonyl (C=O) groups is 1. The zero-order chi connectivity index (χ0) is 18.7. The minimum atomic E-state index is -0.327. The number of amides is 1. The molecule has 0 spiro atoms. The van der Waals surface area contributed by atoms with Crippen LogP contribution in [0, 0.1) is 0 Å². The predicted octanol–water partition coefficient (Wildman–Crippen LogP) is 2.84. The van der Waals surface area contributed by atoms with E-state index in [0.717, 1.165) is 0 Å². The van der Waals surface area contributed by atoms with Gasteiger partial charge in [0.1, 0.15) is 11.2 Å². The number of nitrogens with zero attached hydrogens (tertiary/aromatic N) is 2. The Balaban J connectivity index is 1.85. The molecule has 0 radical (unpaired) electrons. The van der Waals surface area contributed by atoms with E-state index in [1.165, 1.54) is 34.8 Å². The van der Waals surface area contributed by atoms with E-state index in [4.69, 9.17) is 9.47 Å². The molecule has 1 amide bonds. The van der Waals surface area contributed by atoms with Gasteiger partial charge in [0.25, 0.3) is 5.56 Å². The molecule has 0 saturated heterocycles. The normalized spacial score (nSPS) is 10.7. The fourth-order valence-electron chi connectivity index (χ4n) is 2.48. The van der Waals surface area contributed by atoms with Crippen LogP contribution in [0.1, 0.15) is 0 Å². The second-order valence-electron chi connectivity index (χ2n) is 5.24. The molecule has 26 heavy (non-hydrogen) atoms. The number of hydrogen-bond donors (Lipinski definition) is 1. The molecule has 0 aliphatic rings. The largest absolute Gasteiger partial charge is 0.493 e. The zero-order valence-electron chi connectivity index (χ0n) is 14.4. The lowest BCUT2D eigenvalue weighted by atomic mass is 10.2. The molecule has 0 atom stereocenters. The van der Waals surface area contributed by atoms with Gasteiger partial charge in [0.15, 0.2) is 16.7 Å². The van der Waals surface area contributed by atoms with Crippen molar-refractivity contribution in [1.82, 2.24) is 9.55 Å². The summed E-state index contributed by atoms with van der Waals surface area (Å²) in [7, 11) is 3.07. The second-order valence-corrected chi connectivity index (χ2v) is 6.93. The summed E-state index contributed by atoms with van der Waals surface area (Å²) in [4.78, 5) is 29.5. The molecule has 1 aromatic carbocycles. The molecule has 2 heterocycles. The first kappa shape index (κ1) is 18.3. The first-order valence-electron chi connectivity index (χ1n) is 7.61. The van der Waals surface area contributed by atoms with Crippen LogP contribution in [0.4, 0.5) is 5.69 Å². The van der Waals surface area contributed by atoms with Crippen molar-refractivity contribution >= 4 is 44.9 Å². The van der Waals surface area contributed by atoms with E-state index in [1.807, 2.05) is 11.6 Å². The molecule has 0 aliphatic carbocycles. The average Bonchev–Trinajstić information content (AvgIpc) is 3.12. The predicted molar refractivity (Wildman–Crippen MR) is 104 cm³/mol. The number of hydrogen-bond acceptors (Lipinski definition) is 7. The topological polar surface area (TPSA) is 82.5 Å². The Bertz CT molecular complexity index is 1010. The lowest BCUT2D eigenvalue weighted by Crippen LogP contribution is -2.29. The monoisotopic (exact) mass is 391 g/mol. The van der Waals surface area contributed by atoms with Crippen LogP contribution in [-0.4, -0.2) is 35.9 Å². The summed E-state index contributed by atoms with van der Waals surface area (Å²) in [6.45, 7) is -0.121. The number of anilines is 1. The summed E-state index contributed by atoms with van der Waals surface area (Å²) in [5, 5.41) is 5.09. The summed E-state index contributed by atoms with van der Waals surface area (Å²) >= 11 is 2.65. The molecule has 2 aromatic heterocycles. The van der Waals surface area contributed by atoms with Gasteiger partial charge >= 0.3 is 0 Å². The third-order valence-electron chi connectivity index (χ3n) is 3.68. The first-order chi connectivity index (χ1) is 12.6. The fourth-order valence-corrected chi connectivity index (χ4v) is 3.81. The molecule has 1 N–H and O–H groups in total. The Morgan fingerprint density at radius 2 is 2.04 bits per heavy atom. The Kier molecular flexibility index (Phi) is 5.48. The second kappa shape index (κ2) is 7.79. The van der Waals surface area contributed by atoms with Gasteiger partial charge in [-0.25, -0.2) is 4.98 Å². The molecule has 136 valence electrons. The van der Waals surface area contributed by atoms with Crippen LogP contribution in [0.3, 0.4) is 0 Å². The van der Waals surface area contributed by atoms with Gasteiger partial charge in [-0.05, 0) is 29.8 Å². The van der Waals surface area contributed by atoms with Crippen LogP contribution in [0.25, 0.3) is 10.2 Å². The van der Waals surface area contributed by atoms with Crippen molar-refractivity contribution < 1.29 is 14.3 Å². The SMILES string of the molecule is COc1ccc(NC(=O)Cn2c(SC)nc3ccsc3c2=O)cc1OC. The number of thiophene rings is 1. The van der Waals surface area contributed by atoms with Crippen LogP contribution in [0.5, 0.6) is 11.5 Å². The van der Waals surface area contributed by atoms with Crippen LogP contribution in [-0.2, 0) is 11.3 Å². The maximum atomic E-state index is 12.6. The number of carbonyl (C=O) groups excluding carboxylic acids is 1. The van der Waals surface area contributed by atoms with Gasteiger partial charge in [-0.1, -0.05) is 11.8 Å². The molecule has 7 nitrogen and oxygen atoms in total. The third kappa shape index (κ3) is 3.54. The summed E-state index contributed by atoms with van der Waals surface area (Å²) in [5.74, 6) is 0.750. The number of methoxy groups -OCH3 is 2. The molecule has 0 aliphatic heterocycles. The van der Waals surface area contributed by atoms with Crippen molar-refractivity contribution in [2.75, 3.05) is 25.8 Å². The van der Waals surface area contributed by atoms with E-state index in [-0.39, 0.29) is 18.0 Å². The molecule has 0 bridgehead atoms. The third-order valence-corrected chi connectivity index (χ3v) is 5.25. The fraction of sp³-hybridized carbons (Fsp3) is 0.235. The highest BCUT2D eigenvalue weighted by atomic mass is 32.2. The van der Waals surface area contributed by atoms with Gasteiger partial charge < -0.3 is 14.8 Å². The summed E-state index contributed by atoms with van der Waals surface area (Å²) in [6, 6.07) is 6.87. The standard InChI is InChI=1S/C17H17N3O4S2/c1-23-12-5-4-10(8-13(12)24-2)18-14(21)9-20-16(22)15-11(6-7-26-15)19-17(20)25-3/h4-8H,9H2,1-3H3,(H,18,21). The van der Waals surface area contributed by atoms with Crippen LogP contribution in [0.15, 0.2) is 39.6 Å². The van der Waals surface area contributed by atoms with Gasteiger partial charge in [0, 0.05) is 11.8 Å². The molecular formula is C17H17N3O4S2. The van der Waals surface area contributed by atoms with E-state index < -0.39 is 0 Å². The number of rotatable bonds is 6. The van der Waals surface area contributed by atoms with Crippen LogP contribution >= 0.6 is 23.1 Å². The molecule has 9 heteroatoms. The zero-order valence-corrected chi connectivity index (χ0v) is 16.1. The average molecular weight is 391 g/mol. The molecular weight excluding hydrogens is 374 g/mol. The summed E-state index contributed by atoms with van der Waals surface area (Å²) in [5.41, 5.74) is 0.995. The lowest BCUT2D eigenvalue weighted by Gasteiger charge is -2.12. The summed E-state index contributed by atoms with van der Waals surface area (Å²) < 4.78 is 12.3. The minimum Gasteiger partial charge on any atom is -0.493 e. The highest BCUT2D eigenvalue weighted by Gasteiger charge is 2.15. The van der Waals surface area contributed by atoms with Gasteiger partial charge in [0.2, 0.25) is 5.91 Å². The molecule has 0 unspecified atom stereocenters. The number of fused-ring (bicyclic) bond motifs is 1. The Labute approximate surface area is 158 Å². The van der Waals surface area contributed by atoms with Crippen molar-refractivity contribution in [3.63, 3.8) is 0 Å². The molecule has 0 saturated carbocycles. The highest BCUT2D eigenvalue weighted by molar-refractivity contribution is 7.98. The van der Waals surface area contributed by atoms with E-state index >= 15 is 0 Å². The Hall–Kier alpha value is -2.52. The van der Waals surface area contributed by atoms with E-state index in [1.54, 1.807) is 31.4 Å².